The second kappa shape index (κ2) is 5.75. The lowest BCUT2D eigenvalue weighted by Gasteiger charge is -2.18. The van der Waals surface area contributed by atoms with Crippen LogP contribution >= 0.6 is 15.9 Å². The van der Waals surface area contributed by atoms with Gasteiger partial charge in [-0.15, -0.1) is 0 Å². The molecule has 0 saturated carbocycles. The molecular weight excluding hydrogens is 330 g/mol. The van der Waals surface area contributed by atoms with E-state index in [1.807, 2.05) is 24.7 Å². The summed E-state index contributed by atoms with van der Waals surface area (Å²) in [6.45, 7) is 11.1. The molecular formula is C15H22BrN5. The van der Waals surface area contributed by atoms with Crippen molar-refractivity contribution in [2.75, 3.05) is 5.32 Å². The zero-order valence-electron chi connectivity index (χ0n) is 13.5. The maximum absolute atomic E-state index is 4.61. The molecule has 0 radical (unpaired) electrons. The van der Waals surface area contributed by atoms with Gasteiger partial charge in [-0.1, -0.05) is 20.8 Å². The summed E-state index contributed by atoms with van der Waals surface area (Å²) < 4.78 is 2.70. The van der Waals surface area contributed by atoms with Crippen molar-refractivity contribution in [3.05, 3.63) is 33.4 Å². The summed E-state index contributed by atoms with van der Waals surface area (Å²) in [5, 5.41) is 7.81. The zero-order chi connectivity index (χ0) is 15.8. The molecule has 0 aromatic carbocycles. The monoisotopic (exact) mass is 351 g/mol. The van der Waals surface area contributed by atoms with Crippen molar-refractivity contribution in [3.8, 4) is 0 Å². The highest BCUT2D eigenvalue weighted by atomic mass is 79.9. The molecule has 2 rings (SSSR count). The molecule has 0 spiro atoms. The topological polar surface area (TPSA) is 55.6 Å². The SMILES string of the molecule is Cc1nn(C)c(C)c1CNc1cc(Br)nc(C(C)(C)C)n1. The highest BCUT2D eigenvalue weighted by Gasteiger charge is 2.19. The molecule has 0 unspecified atom stereocenters. The van der Waals surface area contributed by atoms with E-state index in [9.17, 15) is 0 Å². The van der Waals surface area contributed by atoms with Crippen LogP contribution in [-0.2, 0) is 19.0 Å². The van der Waals surface area contributed by atoms with Gasteiger partial charge in [-0.3, -0.25) is 4.68 Å². The Kier molecular flexibility index (Phi) is 4.37. The van der Waals surface area contributed by atoms with Crippen LogP contribution in [0.2, 0.25) is 0 Å². The molecule has 2 heterocycles. The normalized spacial score (nSPS) is 11.8. The van der Waals surface area contributed by atoms with Gasteiger partial charge in [0, 0.05) is 36.3 Å². The fourth-order valence-corrected chi connectivity index (χ4v) is 2.48. The van der Waals surface area contributed by atoms with Crippen LogP contribution in [0.3, 0.4) is 0 Å². The molecule has 0 aliphatic heterocycles. The van der Waals surface area contributed by atoms with Crippen LogP contribution in [0.5, 0.6) is 0 Å². The number of anilines is 1. The summed E-state index contributed by atoms with van der Waals surface area (Å²) in [7, 11) is 1.96. The Hall–Kier alpha value is -1.43. The quantitative estimate of drug-likeness (QED) is 0.859. The lowest BCUT2D eigenvalue weighted by atomic mass is 9.96. The number of nitrogens with one attached hydrogen (secondary N) is 1. The summed E-state index contributed by atoms with van der Waals surface area (Å²) in [5.41, 5.74) is 3.35. The molecule has 0 atom stereocenters. The van der Waals surface area contributed by atoms with E-state index in [4.69, 9.17) is 0 Å². The first-order valence-electron chi connectivity index (χ1n) is 6.96. The Balaban J connectivity index is 2.22. The highest BCUT2D eigenvalue weighted by molar-refractivity contribution is 9.10. The van der Waals surface area contributed by atoms with Crippen LogP contribution in [0.25, 0.3) is 0 Å². The van der Waals surface area contributed by atoms with Crippen molar-refractivity contribution in [1.29, 1.82) is 0 Å². The van der Waals surface area contributed by atoms with Crippen molar-refractivity contribution in [2.45, 2.75) is 46.6 Å². The van der Waals surface area contributed by atoms with Crippen LogP contribution < -0.4 is 5.32 Å². The third-order valence-corrected chi connectivity index (χ3v) is 3.88. The minimum atomic E-state index is -0.0830. The van der Waals surface area contributed by atoms with Gasteiger partial charge >= 0.3 is 0 Å². The van der Waals surface area contributed by atoms with E-state index in [1.54, 1.807) is 0 Å². The fourth-order valence-electron chi connectivity index (χ4n) is 2.10. The maximum atomic E-state index is 4.61. The standard InChI is InChI=1S/C15H22BrN5/c1-9-11(10(2)21(6)20-9)8-17-13-7-12(16)18-14(19-13)15(3,4)5/h7H,8H2,1-6H3,(H,17,18,19). The second-order valence-electron chi connectivity index (χ2n) is 6.28. The zero-order valence-corrected chi connectivity index (χ0v) is 15.0. The molecule has 6 heteroatoms. The largest absolute Gasteiger partial charge is 0.366 e. The van der Waals surface area contributed by atoms with Gasteiger partial charge in [0.1, 0.15) is 16.2 Å². The van der Waals surface area contributed by atoms with Gasteiger partial charge in [-0.25, -0.2) is 9.97 Å². The van der Waals surface area contributed by atoms with Crippen molar-refractivity contribution in [1.82, 2.24) is 19.7 Å². The Labute approximate surface area is 134 Å². The van der Waals surface area contributed by atoms with E-state index in [-0.39, 0.29) is 5.41 Å². The van der Waals surface area contributed by atoms with Gasteiger partial charge in [0.25, 0.3) is 0 Å². The summed E-state index contributed by atoms with van der Waals surface area (Å²) in [6.07, 6.45) is 0. The van der Waals surface area contributed by atoms with Crippen LogP contribution in [0.15, 0.2) is 10.7 Å². The van der Waals surface area contributed by atoms with Crippen molar-refractivity contribution < 1.29 is 0 Å². The van der Waals surface area contributed by atoms with Crippen molar-refractivity contribution in [3.63, 3.8) is 0 Å². The number of hydrogen-bond acceptors (Lipinski definition) is 4. The van der Waals surface area contributed by atoms with Gasteiger partial charge in [0.15, 0.2) is 0 Å². The van der Waals surface area contributed by atoms with Crippen LogP contribution in [-0.4, -0.2) is 19.7 Å². The molecule has 21 heavy (non-hydrogen) atoms. The summed E-state index contributed by atoms with van der Waals surface area (Å²) in [4.78, 5) is 9.06. The van der Waals surface area contributed by atoms with E-state index in [0.717, 1.165) is 21.9 Å². The summed E-state index contributed by atoms with van der Waals surface area (Å²) >= 11 is 3.46. The molecule has 0 bridgehead atoms. The number of rotatable bonds is 3. The Morgan fingerprint density at radius 1 is 1.24 bits per heavy atom. The third kappa shape index (κ3) is 3.61. The fraction of sp³-hybridized carbons (Fsp3) is 0.533. The van der Waals surface area contributed by atoms with Gasteiger partial charge in [0.2, 0.25) is 0 Å². The smallest absolute Gasteiger partial charge is 0.137 e. The number of halogens is 1. The molecule has 5 nitrogen and oxygen atoms in total. The lowest BCUT2D eigenvalue weighted by Crippen LogP contribution is -2.17. The second-order valence-corrected chi connectivity index (χ2v) is 7.09. The number of hydrogen-bond donors (Lipinski definition) is 1. The van der Waals surface area contributed by atoms with Gasteiger partial charge in [0.05, 0.1) is 5.69 Å². The molecule has 0 aliphatic carbocycles. The highest BCUT2D eigenvalue weighted by Crippen LogP contribution is 2.23. The van der Waals surface area contributed by atoms with E-state index in [2.05, 4.69) is 64.0 Å². The lowest BCUT2D eigenvalue weighted by molar-refractivity contribution is 0.544. The van der Waals surface area contributed by atoms with Crippen LogP contribution in [0.4, 0.5) is 5.82 Å². The average Bonchev–Trinajstić information content (AvgIpc) is 2.59. The average molecular weight is 352 g/mol. The molecule has 0 amide bonds. The molecule has 2 aromatic heterocycles. The van der Waals surface area contributed by atoms with E-state index >= 15 is 0 Å². The summed E-state index contributed by atoms with van der Waals surface area (Å²) in [6, 6.07) is 1.90. The number of nitrogens with zero attached hydrogens (tertiary/aromatic N) is 4. The Bertz CT molecular complexity index is 655. The maximum Gasteiger partial charge on any atom is 0.137 e. The van der Waals surface area contributed by atoms with Gasteiger partial charge < -0.3 is 5.32 Å². The minimum absolute atomic E-state index is 0.0830. The predicted octanol–water partition coefficient (Wildman–Crippen LogP) is 3.50. The van der Waals surface area contributed by atoms with Gasteiger partial charge in [-0.2, -0.15) is 5.10 Å². The van der Waals surface area contributed by atoms with Gasteiger partial charge in [-0.05, 0) is 29.8 Å². The molecule has 1 N–H and O–H groups in total. The first-order chi connectivity index (χ1) is 9.68. The Morgan fingerprint density at radius 3 is 2.43 bits per heavy atom. The number of aryl methyl sites for hydroxylation is 2. The van der Waals surface area contributed by atoms with E-state index < -0.39 is 0 Å². The predicted molar refractivity (Wildman–Crippen MR) is 88.4 cm³/mol. The molecule has 2 aromatic rings. The van der Waals surface area contributed by atoms with Crippen molar-refractivity contribution in [2.24, 2.45) is 7.05 Å². The molecule has 0 saturated heterocycles. The number of aromatic nitrogens is 4. The molecule has 0 fully saturated rings. The van der Waals surface area contributed by atoms with E-state index in [1.165, 1.54) is 11.3 Å². The van der Waals surface area contributed by atoms with Crippen molar-refractivity contribution >= 4 is 21.7 Å². The van der Waals surface area contributed by atoms with E-state index in [0.29, 0.717) is 6.54 Å². The van der Waals surface area contributed by atoms with Crippen LogP contribution in [0.1, 0.15) is 43.5 Å². The molecule has 0 aliphatic rings. The summed E-state index contributed by atoms with van der Waals surface area (Å²) in [5.74, 6) is 1.64. The van der Waals surface area contributed by atoms with Crippen LogP contribution in [0, 0.1) is 13.8 Å². The third-order valence-electron chi connectivity index (χ3n) is 3.47. The molecule has 114 valence electrons. The first kappa shape index (κ1) is 15.9. The Morgan fingerprint density at radius 2 is 1.90 bits per heavy atom. The minimum Gasteiger partial charge on any atom is -0.366 e. The first-order valence-corrected chi connectivity index (χ1v) is 7.76.